The maximum Gasteiger partial charge on any atom is 0.416 e. The van der Waals surface area contributed by atoms with Crippen molar-refractivity contribution < 1.29 is 31.1 Å². The number of piperazine rings is 1. The lowest BCUT2D eigenvalue weighted by Gasteiger charge is -2.37. The molecule has 36 heavy (non-hydrogen) atoms. The second kappa shape index (κ2) is 10.7. The molecule has 0 aliphatic carbocycles. The van der Waals surface area contributed by atoms with Crippen LogP contribution in [-0.2, 0) is 20.9 Å². The van der Waals surface area contributed by atoms with Crippen molar-refractivity contribution in [3.05, 3.63) is 53.6 Å². The lowest BCUT2D eigenvalue weighted by atomic mass is 10.1. The van der Waals surface area contributed by atoms with Crippen LogP contribution >= 0.6 is 0 Å². The van der Waals surface area contributed by atoms with Gasteiger partial charge in [0, 0.05) is 57.2 Å². The molecule has 0 bridgehead atoms. The van der Waals surface area contributed by atoms with Crippen LogP contribution < -0.4 is 14.5 Å². The number of carbonyl (C=O) groups excluding carboxylic acids is 1. The molecular formula is C24H29F3N4O4S. The van der Waals surface area contributed by atoms with Crippen molar-refractivity contribution in [2.45, 2.75) is 18.0 Å². The van der Waals surface area contributed by atoms with E-state index in [2.05, 4.69) is 4.72 Å². The molecule has 0 radical (unpaired) electrons. The number of hydrogen-bond acceptors (Lipinski definition) is 6. The first-order valence-corrected chi connectivity index (χ1v) is 13.3. The summed E-state index contributed by atoms with van der Waals surface area (Å²) in [5.41, 5.74) is 0.911. The van der Waals surface area contributed by atoms with Gasteiger partial charge < -0.3 is 19.4 Å². The van der Waals surface area contributed by atoms with Gasteiger partial charge in [0.1, 0.15) is 0 Å². The van der Waals surface area contributed by atoms with Crippen LogP contribution in [-0.4, -0.2) is 78.3 Å². The maximum absolute atomic E-state index is 13.6. The standard InChI is InChI=1S/C24H29F3N4O4S/c1-2-28-36(33,34)20-7-8-22(30-13-15-35-16-14-30)21(17-20)23(32)31-11-9-29(10-12-31)19-5-3-18(4-6-19)24(25,26)27/h3-8,17,28H,2,9-16H2,1H3. The predicted octanol–water partition coefficient (Wildman–Crippen LogP) is 2.80. The third-order valence-electron chi connectivity index (χ3n) is 6.32. The second-order valence-electron chi connectivity index (χ2n) is 8.60. The number of amides is 1. The number of hydrogen-bond donors (Lipinski definition) is 1. The Morgan fingerprint density at radius 1 is 0.944 bits per heavy atom. The number of sulfonamides is 1. The zero-order valence-corrected chi connectivity index (χ0v) is 20.7. The lowest BCUT2D eigenvalue weighted by Crippen LogP contribution is -2.49. The third kappa shape index (κ3) is 5.76. The van der Waals surface area contributed by atoms with Crippen LogP contribution in [0, 0.1) is 0 Å². The average Bonchev–Trinajstić information content (AvgIpc) is 2.88. The summed E-state index contributed by atoms with van der Waals surface area (Å²) in [6, 6.07) is 9.57. The lowest BCUT2D eigenvalue weighted by molar-refractivity contribution is -0.137. The van der Waals surface area contributed by atoms with Gasteiger partial charge in [-0.15, -0.1) is 0 Å². The van der Waals surface area contributed by atoms with Crippen molar-refractivity contribution in [1.82, 2.24) is 9.62 Å². The highest BCUT2D eigenvalue weighted by Gasteiger charge is 2.31. The number of anilines is 2. The zero-order chi connectivity index (χ0) is 25.9. The Balaban J connectivity index is 1.53. The van der Waals surface area contributed by atoms with Crippen LogP contribution in [0.15, 0.2) is 47.4 Å². The van der Waals surface area contributed by atoms with E-state index in [1.165, 1.54) is 24.3 Å². The zero-order valence-electron chi connectivity index (χ0n) is 19.9. The van der Waals surface area contributed by atoms with E-state index in [0.717, 1.165) is 12.1 Å². The average molecular weight is 527 g/mol. The Morgan fingerprint density at radius 3 is 2.17 bits per heavy atom. The van der Waals surface area contributed by atoms with Gasteiger partial charge in [0.05, 0.1) is 29.2 Å². The summed E-state index contributed by atoms with van der Waals surface area (Å²) < 4.78 is 71.7. The van der Waals surface area contributed by atoms with E-state index in [-0.39, 0.29) is 17.3 Å². The minimum atomic E-state index is -4.39. The molecule has 2 aromatic rings. The summed E-state index contributed by atoms with van der Waals surface area (Å²) in [7, 11) is -3.76. The Kier molecular flexibility index (Phi) is 7.76. The van der Waals surface area contributed by atoms with Gasteiger partial charge in [0.2, 0.25) is 10.0 Å². The first-order valence-electron chi connectivity index (χ1n) is 11.8. The van der Waals surface area contributed by atoms with Crippen LogP contribution in [0.4, 0.5) is 24.5 Å². The number of nitrogens with one attached hydrogen (secondary N) is 1. The van der Waals surface area contributed by atoms with Crippen molar-refractivity contribution in [2.75, 3.05) is 68.8 Å². The molecule has 0 saturated carbocycles. The van der Waals surface area contributed by atoms with Gasteiger partial charge in [0.15, 0.2) is 0 Å². The van der Waals surface area contributed by atoms with Gasteiger partial charge >= 0.3 is 6.18 Å². The molecule has 0 atom stereocenters. The fraction of sp³-hybridized carbons (Fsp3) is 0.458. The van der Waals surface area contributed by atoms with Gasteiger partial charge in [-0.3, -0.25) is 4.79 Å². The molecule has 8 nitrogen and oxygen atoms in total. The van der Waals surface area contributed by atoms with Gasteiger partial charge in [-0.25, -0.2) is 13.1 Å². The highest BCUT2D eigenvalue weighted by atomic mass is 32.2. The molecular weight excluding hydrogens is 497 g/mol. The molecule has 2 aliphatic rings. The van der Waals surface area contributed by atoms with Crippen molar-refractivity contribution in [1.29, 1.82) is 0 Å². The van der Waals surface area contributed by atoms with E-state index in [1.54, 1.807) is 17.9 Å². The third-order valence-corrected chi connectivity index (χ3v) is 7.86. The van der Waals surface area contributed by atoms with Crippen molar-refractivity contribution in [3.8, 4) is 0 Å². The number of rotatable bonds is 6. The first-order chi connectivity index (χ1) is 17.1. The molecule has 1 N–H and O–H groups in total. The number of benzene rings is 2. The van der Waals surface area contributed by atoms with Gasteiger partial charge in [-0.05, 0) is 42.5 Å². The smallest absolute Gasteiger partial charge is 0.378 e. The van der Waals surface area contributed by atoms with E-state index in [1.807, 2.05) is 9.80 Å². The first kappa shape index (κ1) is 26.2. The summed E-state index contributed by atoms with van der Waals surface area (Å²) in [5, 5.41) is 0. The normalized spacial score (nSPS) is 17.4. The number of halogens is 3. The fourth-order valence-electron chi connectivity index (χ4n) is 4.41. The summed E-state index contributed by atoms with van der Waals surface area (Å²) in [5.74, 6) is -0.280. The quantitative estimate of drug-likeness (QED) is 0.624. The topological polar surface area (TPSA) is 82.2 Å². The molecule has 12 heteroatoms. The van der Waals surface area contributed by atoms with Crippen molar-refractivity contribution in [3.63, 3.8) is 0 Å². The molecule has 2 heterocycles. The van der Waals surface area contributed by atoms with Gasteiger partial charge in [-0.1, -0.05) is 6.92 Å². The summed E-state index contributed by atoms with van der Waals surface area (Å²) in [4.78, 5) is 19.2. The van der Waals surface area contributed by atoms with Crippen molar-refractivity contribution in [2.24, 2.45) is 0 Å². The molecule has 2 fully saturated rings. The Labute approximate surface area is 208 Å². The highest BCUT2D eigenvalue weighted by molar-refractivity contribution is 7.89. The number of carbonyl (C=O) groups is 1. The molecule has 2 saturated heterocycles. The highest BCUT2D eigenvalue weighted by Crippen LogP contribution is 2.31. The molecule has 2 aromatic carbocycles. The number of ether oxygens (including phenoxy) is 1. The number of alkyl halides is 3. The Morgan fingerprint density at radius 2 is 1.58 bits per heavy atom. The second-order valence-corrected chi connectivity index (χ2v) is 10.4. The summed E-state index contributed by atoms with van der Waals surface area (Å²) in [6.07, 6.45) is -4.39. The summed E-state index contributed by atoms with van der Waals surface area (Å²) >= 11 is 0. The van der Waals surface area contributed by atoms with Crippen LogP contribution in [0.25, 0.3) is 0 Å². The molecule has 0 unspecified atom stereocenters. The predicted molar refractivity (Wildman–Crippen MR) is 130 cm³/mol. The Hall–Kier alpha value is -2.83. The van der Waals surface area contributed by atoms with Crippen LogP contribution in [0.5, 0.6) is 0 Å². The largest absolute Gasteiger partial charge is 0.416 e. The Bertz CT molecular complexity index is 1170. The van der Waals surface area contributed by atoms with Gasteiger partial charge in [0.25, 0.3) is 5.91 Å². The van der Waals surface area contributed by atoms with Crippen LogP contribution in [0.2, 0.25) is 0 Å². The molecule has 196 valence electrons. The minimum absolute atomic E-state index is 0.0214. The number of morpholine rings is 1. The maximum atomic E-state index is 13.6. The van der Waals surface area contributed by atoms with E-state index in [9.17, 15) is 26.4 Å². The van der Waals surface area contributed by atoms with E-state index < -0.39 is 21.8 Å². The molecule has 4 rings (SSSR count). The van der Waals surface area contributed by atoms with E-state index in [0.29, 0.717) is 69.4 Å². The number of nitrogens with zero attached hydrogens (tertiary/aromatic N) is 3. The van der Waals surface area contributed by atoms with Crippen molar-refractivity contribution >= 4 is 27.3 Å². The molecule has 1 amide bonds. The van der Waals surface area contributed by atoms with Crippen LogP contribution in [0.3, 0.4) is 0 Å². The van der Waals surface area contributed by atoms with E-state index >= 15 is 0 Å². The van der Waals surface area contributed by atoms with Crippen LogP contribution in [0.1, 0.15) is 22.8 Å². The molecule has 2 aliphatic heterocycles. The van der Waals surface area contributed by atoms with E-state index in [4.69, 9.17) is 4.74 Å². The summed E-state index contributed by atoms with van der Waals surface area (Å²) in [6.45, 7) is 5.69. The monoisotopic (exact) mass is 526 g/mol. The molecule has 0 aromatic heterocycles. The molecule has 0 spiro atoms. The SMILES string of the molecule is CCNS(=O)(=O)c1ccc(N2CCOCC2)c(C(=O)N2CCN(c3ccc(C(F)(F)F)cc3)CC2)c1. The van der Waals surface area contributed by atoms with Gasteiger partial charge in [-0.2, -0.15) is 13.2 Å². The fourth-order valence-corrected chi connectivity index (χ4v) is 5.47. The minimum Gasteiger partial charge on any atom is -0.378 e.